The number of halogens is 1. The Balaban J connectivity index is 0.000000640. The van der Waals surface area contributed by atoms with E-state index in [2.05, 4.69) is 10.2 Å². The van der Waals surface area contributed by atoms with Crippen LogP contribution in [0.5, 0.6) is 0 Å². The number of nitrogen functional groups attached to an aromatic ring is 1. The first-order valence-corrected chi connectivity index (χ1v) is 2.48. The molecule has 0 aliphatic heterocycles. The fourth-order valence-corrected chi connectivity index (χ4v) is 0.520. The first-order chi connectivity index (χ1) is 3.84. The molecular formula is C4H9ClN4. The third-order valence-electron chi connectivity index (χ3n) is 0.963. The van der Waals surface area contributed by atoms with Gasteiger partial charge in [-0.05, 0) is 0 Å². The van der Waals surface area contributed by atoms with E-state index in [0.717, 1.165) is 12.2 Å². The molecular weight excluding hydrogens is 140 g/mol. The number of nitrogens with zero attached hydrogens (tertiary/aromatic N) is 3. The van der Waals surface area contributed by atoms with Crippen LogP contribution < -0.4 is 5.84 Å². The van der Waals surface area contributed by atoms with E-state index in [0.29, 0.717) is 0 Å². The second-order valence-electron chi connectivity index (χ2n) is 1.51. The van der Waals surface area contributed by atoms with Crippen LogP contribution in [0.4, 0.5) is 0 Å². The summed E-state index contributed by atoms with van der Waals surface area (Å²) in [6.45, 7) is 1.98. The van der Waals surface area contributed by atoms with E-state index in [9.17, 15) is 0 Å². The van der Waals surface area contributed by atoms with Crippen molar-refractivity contribution in [3.05, 3.63) is 12.2 Å². The molecule has 0 aromatic carbocycles. The molecule has 0 bridgehead atoms. The van der Waals surface area contributed by atoms with E-state index >= 15 is 0 Å². The van der Waals surface area contributed by atoms with Crippen molar-refractivity contribution in [2.24, 2.45) is 0 Å². The van der Waals surface area contributed by atoms with Gasteiger partial charge in [0.25, 0.3) is 0 Å². The van der Waals surface area contributed by atoms with E-state index < -0.39 is 0 Å². The maximum atomic E-state index is 5.34. The lowest BCUT2D eigenvalue weighted by atomic mass is 10.5. The zero-order valence-electron chi connectivity index (χ0n) is 5.11. The topological polar surface area (TPSA) is 56.7 Å². The van der Waals surface area contributed by atoms with Crippen molar-refractivity contribution in [3.63, 3.8) is 0 Å². The minimum absolute atomic E-state index is 0. The molecule has 0 amide bonds. The fraction of sp³-hybridized carbons (Fsp3) is 0.500. The van der Waals surface area contributed by atoms with Crippen molar-refractivity contribution in [2.75, 3.05) is 5.84 Å². The summed E-state index contributed by atoms with van der Waals surface area (Å²) >= 11 is 0. The lowest BCUT2D eigenvalue weighted by Crippen LogP contribution is -2.10. The highest BCUT2D eigenvalue weighted by molar-refractivity contribution is 5.85. The van der Waals surface area contributed by atoms with E-state index in [-0.39, 0.29) is 12.4 Å². The molecule has 2 N–H and O–H groups in total. The highest BCUT2D eigenvalue weighted by atomic mass is 35.5. The maximum absolute atomic E-state index is 5.34. The first-order valence-electron chi connectivity index (χ1n) is 2.48. The summed E-state index contributed by atoms with van der Waals surface area (Å²) in [5.74, 6) is 6.15. The zero-order valence-corrected chi connectivity index (χ0v) is 5.93. The maximum Gasteiger partial charge on any atom is 0.151 e. The number of aryl methyl sites for hydroxylation is 1. The van der Waals surface area contributed by atoms with Gasteiger partial charge in [-0.15, -0.1) is 22.6 Å². The molecule has 1 heterocycles. The van der Waals surface area contributed by atoms with Crippen molar-refractivity contribution < 1.29 is 0 Å². The summed E-state index contributed by atoms with van der Waals surface area (Å²) in [5.41, 5.74) is 0. The Morgan fingerprint density at radius 3 is 2.67 bits per heavy atom. The van der Waals surface area contributed by atoms with Crippen LogP contribution in [0.2, 0.25) is 0 Å². The predicted octanol–water partition coefficient (Wildman–Crippen LogP) is -0.0239. The van der Waals surface area contributed by atoms with Crippen LogP contribution in [-0.4, -0.2) is 14.9 Å². The van der Waals surface area contributed by atoms with Crippen LogP contribution >= 0.6 is 12.4 Å². The van der Waals surface area contributed by atoms with Crippen molar-refractivity contribution in [1.29, 1.82) is 0 Å². The van der Waals surface area contributed by atoms with E-state index in [1.54, 1.807) is 0 Å². The van der Waals surface area contributed by atoms with Gasteiger partial charge in [0.05, 0.1) is 0 Å². The van der Waals surface area contributed by atoms with Crippen molar-refractivity contribution >= 4 is 12.4 Å². The van der Waals surface area contributed by atoms with E-state index in [1.807, 2.05) is 6.92 Å². The average Bonchev–Trinajstić information content (AvgIpc) is 2.14. The molecule has 0 unspecified atom stereocenters. The van der Waals surface area contributed by atoms with Crippen LogP contribution in [0.25, 0.3) is 0 Å². The minimum atomic E-state index is 0. The van der Waals surface area contributed by atoms with Gasteiger partial charge in [0.15, 0.2) is 5.82 Å². The van der Waals surface area contributed by atoms with Gasteiger partial charge < -0.3 is 5.84 Å². The lowest BCUT2D eigenvalue weighted by molar-refractivity contribution is 0.854. The van der Waals surface area contributed by atoms with Crippen LogP contribution in [-0.2, 0) is 6.42 Å². The van der Waals surface area contributed by atoms with Gasteiger partial charge in [0, 0.05) is 6.42 Å². The summed E-state index contributed by atoms with van der Waals surface area (Å²) in [5, 5.41) is 7.30. The molecule has 1 aromatic heterocycles. The molecule has 52 valence electrons. The first kappa shape index (κ1) is 8.23. The monoisotopic (exact) mass is 148 g/mol. The Hall–Kier alpha value is -0.770. The molecule has 0 aliphatic carbocycles. The van der Waals surface area contributed by atoms with Crippen molar-refractivity contribution in [1.82, 2.24) is 14.9 Å². The number of aromatic nitrogens is 3. The van der Waals surface area contributed by atoms with Gasteiger partial charge >= 0.3 is 0 Å². The second kappa shape index (κ2) is 3.29. The second-order valence-corrected chi connectivity index (χ2v) is 1.51. The molecule has 0 saturated carbocycles. The summed E-state index contributed by atoms with van der Waals surface area (Å²) in [6.07, 6.45) is 2.31. The van der Waals surface area contributed by atoms with E-state index in [4.69, 9.17) is 5.84 Å². The summed E-state index contributed by atoms with van der Waals surface area (Å²) in [7, 11) is 0. The van der Waals surface area contributed by atoms with E-state index in [1.165, 1.54) is 11.0 Å². The number of rotatable bonds is 1. The zero-order chi connectivity index (χ0) is 5.98. The van der Waals surface area contributed by atoms with Crippen LogP contribution in [0.15, 0.2) is 6.33 Å². The molecule has 0 atom stereocenters. The number of hydrogen-bond acceptors (Lipinski definition) is 3. The van der Waals surface area contributed by atoms with Gasteiger partial charge in [-0.1, -0.05) is 6.92 Å². The summed E-state index contributed by atoms with van der Waals surface area (Å²) < 4.78 is 1.42. The van der Waals surface area contributed by atoms with Gasteiger partial charge in [-0.3, -0.25) is 0 Å². The Kier molecular flexibility index (Phi) is 3.01. The quantitative estimate of drug-likeness (QED) is 0.570. The SMILES string of the molecule is CCc1nncn1N.Cl. The van der Waals surface area contributed by atoms with Crippen molar-refractivity contribution in [3.8, 4) is 0 Å². The number of nitrogens with two attached hydrogens (primary N) is 1. The molecule has 4 nitrogen and oxygen atoms in total. The molecule has 0 spiro atoms. The molecule has 5 heteroatoms. The molecule has 0 saturated heterocycles. The van der Waals surface area contributed by atoms with Crippen molar-refractivity contribution in [2.45, 2.75) is 13.3 Å². The molecule has 1 rings (SSSR count). The normalized spacial score (nSPS) is 8.56. The molecule has 0 aliphatic rings. The minimum Gasteiger partial charge on any atom is -0.336 e. The Bertz CT molecular complexity index is 173. The Morgan fingerprint density at radius 1 is 1.78 bits per heavy atom. The molecule has 9 heavy (non-hydrogen) atoms. The smallest absolute Gasteiger partial charge is 0.151 e. The van der Waals surface area contributed by atoms with Gasteiger partial charge in [0.2, 0.25) is 0 Å². The number of hydrogen-bond donors (Lipinski definition) is 1. The van der Waals surface area contributed by atoms with Gasteiger partial charge in [-0.2, -0.15) is 0 Å². The summed E-state index contributed by atoms with van der Waals surface area (Å²) in [6, 6.07) is 0. The van der Waals surface area contributed by atoms with Crippen LogP contribution in [0.1, 0.15) is 12.7 Å². The lowest BCUT2D eigenvalue weighted by Gasteiger charge is -1.90. The van der Waals surface area contributed by atoms with Gasteiger partial charge in [-0.25, -0.2) is 4.68 Å². The Morgan fingerprint density at radius 2 is 2.44 bits per heavy atom. The largest absolute Gasteiger partial charge is 0.336 e. The average molecular weight is 149 g/mol. The standard InChI is InChI=1S/C4H8N4.ClH/c1-2-4-7-6-3-8(4)5;/h3H,2,5H2,1H3;1H. The molecule has 0 radical (unpaired) electrons. The van der Waals surface area contributed by atoms with Crippen LogP contribution in [0, 0.1) is 0 Å². The molecule has 0 fully saturated rings. The summed E-state index contributed by atoms with van der Waals surface area (Å²) in [4.78, 5) is 0. The third-order valence-corrected chi connectivity index (χ3v) is 0.963. The Labute approximate surface area is 59.5 Å². The third kappa shape index (κ3) is 1.57. The highest BCUT2D eigenvalue weighted by Gasteiger charge is 1.93. The predicted molar refractivity (Wildman–Crippen MR) is 36.8 cm³/mol. The molecule has 1 aromatic rings. The highest BCUT2D eigenvalue weighted by Crippen LogP contribution is 1.86. The fourth-order valence-electron chi connectivity index (χ4n) is 0.520. The van der Waals surface area contributed by atoms with Crippen LogP contribution in [0.3, 0.4) is 0 Å². The van der Waals surface area contributed by atoms with Gasteiger partial charge in [0.1, 0.15) is 6.33 Å².